The van der Waals surface area contributed by atoms with Gasteiger partial charge >= 0.3 is 6.09 Å². The summed E-state index contributed by atoms with van der Waals surface area (Å²) >= 11 is 0. The summed E-state index contributed by atoms with van der Waals surface area (Å²) in [4.78, 5) is 12.3. The zero-order valence-electron chi connectivity index (χ0n) is 32.7. The highest BCUT2D eigenvalue weighted by molar-refractivity contribution is 5.79. The number of hydrogen-bond donors (Lipinski definition) is 1. The Hall–Kier alpha value is -3.47. The van der Waals surface area contributed by atoms with Gasteiger partial charge < -0.3 is 57.4 Å². The molecule has 0 heterocycles. The third-order valence-electron chi connectivity index (χ3n) is 8.54. The lowest BCUT2D eigenvalue weighted by Crippen LogP contribution is -2.27. The molecule has 0 spiro atoms. The normalized spacial score (nSPS) is 12.1. The molecule has 0 atom stereocenters. The predicted octanol–water partition coefficient (Wildman–Crippen LogP) is 5.28. The Bertz CT molecular complexity index is 1370. The van der Waals surface area contributed by atoms with Crippen molar-refractivity contribution in [3.8, 4) is 11.1 Å². The monoisotopic (exact) mass is 783 g/mol. The first-order chi connectivity index (χ1) is 27.8. The predicted molar refractivity (Wildman–Crippen MR) is 211 cm³/mol. The Morgan fingerprint density at radius 1 is 0.429 bits per heavy atom. The highest BCUT2D eigenvalue weighted by Crippen LogP contribution is 2.44. The van der Waals surface area contributed by atoms with Crippen LogP contribution in [-0.2, 0) is 58.7 Å². The molecule has 56 heavy (non-hydrogen) atoms. The van der Waals surface area contributed by atoms with Crippen LogP contribution in [0.2, 0.25) is 0 Å². The van der Waals surface area contributed by atoms with Crippen LogP contribution in [0.3, 0.4) is 0 Å². The molecule has 0 saturated heterocycles. The maximum atomic E-state index is 12.3. The minimum absolute atomic E-state index is 0.0498. The van der Waals surface area contributed by atoms with E-state index in [-0.39, 0.29) is 5.92 Å². The summed E-state index contributed by atoms with van der Waals surface area (Å²) < 4.78 is 60.8. The zero-order chi connectivity index (χ0) is 39.0. The van der Waals surface area contributed by atoms with Crippen molar-refractivity contribution < 1.29 is 56.9 Å². The molecule has 0 radical (unpaired) electrons. The van der Waals surface area contributed by atoms with Gasteiger partial charge in [-0.15, -0.1) is 0 Å². The van der Waals surface area contributed by atoms with Crippen molar-refractivity contribution in [3.05, 3.63) is 95.6 Å². The molecule has 310 valence electrons. The molecule has 0 aliphatic heterocycles. The molecule has 0 aromatic heterocycles. The molecule has 0 bridgehead atoms. The van der Waals surface area contributed by atoms with Crippen molar-refractivity contribution in [1.82, 2.24) is 5.32 Å². The molecule has 0 saturated carbocycles. The number of ether oxygens (including phenoxy) is 11. The molecular weight excluding hydrogens is 722 g/mol. The standard InChI is InChI=1S/C43H61NO12/c45-43(56-36-42-40-13-6-4-11-38(40)39-12-5-7-14-41(39)42)44-15-8-16-46-17-18-47-19-20-48-21-22-49-23-24-50-25-26-51-27-28-52-29-30-53-31-32-54-33-34-55-35-37-9-2-1-3-10-37/h1-7,9-14,42H,8,15-36H2,(H,44,45). The van der Waals surface area contributed by atoms with E-state index in [4.69, 9.17) is 52.1 Å². The summed E-state index contributed by atoms with van der Waals surface area (Å²) in [5.74, 6) is 0.0498. The van der Waals surface area contributed by atoms with E-state index in [1.165, 1.54) is 22.3 Å². The van der Waals surface area contributed by atoms with Gasteiger partial charge in [-0.25, -0.2) is 4.79 Å². The van der Waals surface area contributed by atoms with E-state index >= 15 is 0 Å². The fourth-order valence-electron chi connectivity index (χ4n) is 5.76. The lowest BCUT2D eigenvalue weighted by molar-refractivity contribution is -0.0267. The van der Waals surface area contributed by atoms with Crippen molar-refractivity contribution in [2.45, 2.75) is 18.9 Å². The maximum Gasteiger partial charge on any atom is 0.407 e. The van der Waals surface area contributed by atoms with E-state index in [1.807, 2.05) is 54.6 Å². The zero-order valence-corrected chi connectivity index (χ0v) is 32.7. The Morgan fingerprint density at radius 2 is 0.786 bits per heavy atom. The van der Waals surface area contributed by atoms with Crippen LogP contribution in [-0.4, -0.2) is 145 Å². The lowest BCUT2D eigenvalue weighted by atomic mass is 9.98. The van der Waals surface area contributed by atoms with Crippen LogP contribution in [0.1, 0.15) is 29.0 Å². The largest absolute Gasteiger partial charge is 0.449 e. The van der Waals surface area contributed by atoms with E-state index in [2.05, 4.69) is 29.6 Å². The van der Waals surface area contributed by atoms with Gasteiger partial charge in [0, 0.05) is 19.1 Å². The number of carbonyl (C=O) groups excluding carboxylic acids is 1. The number of amides is 1. The van der Waals surface area contributed by atoms with Gasteiger partial charge in [-0.1, -0.05) is 78.9 Å². The molecule has 1 aliphatic carbocycles. The van der Waals surface area contributed by atoms with Crippen LogP contribution in [0.25, 0.3) is 11.1 Å². The van der Waals surface area contributed by atoms with Crippen LogP contribution in [0.15, 0.2) is 78.9 Å². The quantitative estimate of drug-likeness (QED) is 0.0780. The molecule has 4 rings (SSSR count). The van der Waals surface area contributed by atoms with Gasteiger partial charge in [0.05, 0.1) is 126 Å². The van der Waals surface area contributed by atoms with E-state index in [0.29, 0.717) is 152 Å². The Labute approximate surface area is 332 Å². The van der Waals surface area contributed by atoms with Gasteiger partial charge in [0.25, 0.3) is 0 Å². The van der Waals surface area contributed by atoms with Crippen LogP contribution in [0.5, 0.6) is 0 Å². The minimum Gasteiger partial charge on any atom is -0.449 e. The van der Waals surface area contributed by atoms with Gasteiger partial charge in [0.15, 0.2) is 0 Å². The van der Waals surface area contributed by atoms with Gasteiger partial charge in [0.2, 0.25) is 0 Å². The molecule has 1 aliphatic rings. The number of alkyl carbamates (subject to hydrolysis) is 1. The highest BCUT2D eigenvalue weighted by atomic mass is 16.6. The third-order valence-corrected chi connectivity index (χ3v) is 8.54. The molecule has 13 heteroatoms. The second-order valence-electron chi connectivity index (χ2n) is 12.7. The topological polar surface area (TPSA) is 131 Å². The van der Waals surface area contributed by atoms with E-state index in [9.17, 15) is 4.79 Å². The number of fused-ring (bicyclic) bond motifs is 3. The number of rotatable bonds is 35. The average molecular weight is 784 g/mol. The summed E-state index contributed by atoms with van der Waals surface area (Å²) in [5.41, 5.74) is 5.97. The van der Waals surface area contributed by atoms with Crippen molar-refractivity contribution in [1.29, 1.82) is 0 Å². The maximum absolute atomic E-state index is 12.3. The minimum atomic E-state index is -0.414. The third kappa shape index (κ3) is 19.6. The summed E-state index contributed by atoms with van der Waals surface area (Å²) in [6.07, 6.45) is 0.271. The van der Waals surface area contributed by atoms with E-state index in [1.54, 1.807) is 0 Å². The number of nitrogens with one attached hydrogen (secondary N) is 1. The molecule has 0 unspecified atom stereocenters. The SMILES string of the molecule is O=C(NCCCOCCOCCOCCOCCOCCOCCOCCOCCOCCOCc1ccccc1)OCC1c2ccccc2-c2ccccc21. The Balaban J connectivity index is 0.782. The van der Waals surface area contributed by atoms with Gasteiger partial charge in [-0.05, 0) is 34.2 Å². The summed E-state index contributed by atoms with van der Waals surface area (Å²) in [6, 6.07) is 26.6. The molecule has 0 fully saturated rings. The molecule has 1 N–H and O–H groups in total. The van der Waals surface area contributed by atoms with Crippen LogP contribution in [0, 0.1) is 0 Å². The second-order valence-corrected chi connectivity index (χ2v) is 12.7. The molecule has 3 aromatic rings. The number of hydrogen-bond acceptors (Lipinski definition) is 12. The van der Waals surface area contributed by atoms with Crippen LogP contribution >= 0.6 is 0 Å². The molecule has 3 aromatic carbocycles. The van der Waals surface area contributed by atoms with Crippen LogP contribution < -0.4 is 5.32 Å². The van der Waals surface area contributed by atoms with Gasteiger partial charge in [-0.2, -0.15) is 0 Å². The molecule has 13 nitrogen and oxygen atoms in total. The Morgan fingerprint density at radius 3 is 1.21 bits per heavy atom. The average Bonchev–Trinajstić information content (AvgIpc) is 3.55. The number of carbonyl (C=O) groups is 1. The van der Waals surface area contributed by atoms with Gasteiger partial charge in [-0.3, -0.25) is 0 Å². The first-order valence-corrected chi connectivity index (χ1v) is 19.7. The molecule has 1 amide bonds. The second kappa shape index (κ2) is 30.6. The summed E-state index contributed by atoms with van der Waals surface area (Å²) in [7, 11) is 0. The highest BCUT2D eigenvalue weighted by Gasteiger charge is 2.28. The van der Waals surface area contributed by atoms with Crippen LogP contribution in [0.4, 0.5) is 4.79 Å². The van der Waals surface area contributed by atoms with Crippen molar-refractivity contribution in [2.75, 3.05) is 139 Å². The fourth-order valence-corrected chi connectivity index (χ4v) is 5.76. The van der Waals surface area contributed by atoms with Gasteiger partial charge in [0.1, 0.15) is 6.61 Å². The van der Waals surface area contributed by atoms with E-state index in [0.717, 1.165) is 5.56 Å². The van der Waals surface area contributed by atoms with Crippen molar-refractivity contribution in [2.24, 2.45) is 0 Å². The summed E-state index contributed by atoms with van der Waals surface area (Å²) in [5, 5.41) is 2.81. The summed E-state index contributed by atoms with van der Waals surface area (Å²) in [6.45, 7) is 11.0. The first-order valence-electron chi connectivity index (χ1n) is 19.7. The van der Waals surface area contributed by atoms with E-state index < -0.39 is 6.09 Å². The number of benzene rings is 3. The Kier molecular flexibility index (Phi) is 24.7. The lowest BCUT2D eigenvalue weighted by Gasteiger charge is -2.14. The fraction of sp³-hybridized carbons (Fsp3) is 0.558. The van der Waals surface area contributed by atoms with Crippen molar-refractivity contribution >= 4 is 6.09 Å². The van der Waals surface area contributed by atoms with Crippen molar-refractivity contribution in [3.63, 3.8) is 0 Å². The smallest absolute Gasteiger partial charge is 0.407 e. The molecular formula is C43H61NO12. The first kappa shape index (κ1) is 45.2.